The topological polar surface area (TPSA) is 58.8 Å². The maximum Gasteiger partial charge on any atom is 0.411 e. The Kier molecular flexibility index (Phi) is 3.89. The highest BCUT2D eigenvalue weighted by Gasteiger charge is 2.39. The molecule has 0 aromatic rings. The Balaban J connectivity index is 2.06. The first-order chi connectivity index (χ1) is 8.13. The number of nitrogens with two attached hydrogens (primary N) is 1. The van der Waals surface area contributed by atoms with Gasteiger partial charge in [-0.2, -0.15) is 0 Å². The lowest BCUT2D eigenvalue weighted by atomic mass is 10.0. The molecular weight excluding hydrogens is 218 g/mol. The van der Waals surface area contributed by atoms with Crippen LogP contribution in [-0.4, -0.2) is 53.8 Å². The summed E-state index contributed by atoms with van der Waals surface area (Å²) in [6, 6.07) is 0.463. The van der Waals surface area contributed by atoms with Crippen molar-refractivity contribution >= 4 is 6.09 Å². The summed E-state index contributed by atoms with van der Waals surface area (Å²) >= 11 is 0. The first-order valence-electron chi connectivity index (χ1n) is 6.56. The molecule has 0 radical (unpaired) electrons. The summed E-state index contributed by atoms with van der Waals surface area (Å²) in [7, 11) is 0. The van der Waals surface area contributed by atoms with Crippen LogP contribution in [0.4, 0.5) is 4.79 Å². The van der Waals surface area contributed by atoms with E-state index in [1.807, 2.05) is 4.90 Å². The van der Waals surface area contributed by atoms with Crippen molar-refractivity contribution in [2.24, 2.45) is 5.73 Å². The second-order valence-electron chi connectivity index (χ2n) is 5.20. The molecule has 0 aromatic carbocycles. The van der Waals surface area contributed by atoms with Crippen LogP contribution in [0.15, 0.2) is 0 Å². The van der Waals surface area contributed by atoms with Crippen molar-refractivity contribution in [3.8, 4) is 0 Å². The van der Waals surface area contributed by atoms with Gasteiger partial charge in [0.15, 0.2) is 0 Å². The number of carbonyl (C=O) groups is 1. The van der Waals surface area contributed by atoms with Crippen LogP contribution in [0.1, 0.15) is 33.1 Å². The fourth-order valence-electron chi connectivity index (χ4n) is 2.78. The monoisotopic (exact) mass is 241 g/mol. The van der Waals surface area contributed by atoms with E-state index in [9.17, 15) is 4.79 Å². The van der Waals surface area contributed by atoms with E-state index in [1.165, 1.54) is 12.8 Å². The summed E-state index contributed by atoms with van der Waals surface area (Å²) in [5, 5.41) is 0. The van der Waals surface area contributed by atoms with Crippen LogP contribution in [0.3, 0.4) is 0 Å². The Morgan fingerprint density at radius 3 is 2.82 bits per heavy atom. The van der Waals surface area contributed by atoms with E-state index in [4.69, 9.17) is 10.5 Å². The van der Waals surface area contributed by atoms with Gasteiger partial charge in [-0.1, -0.05) is 0 Å². The molecular formula is C12H23N3O2. The number of amides is 1. The summed E-state index contributed by atoms with van der Waals surface area (Å²) in [5.74, 6) is 0. The highest BCUT2D eigenvalue weighted by atomic mass is 16.6. The van der Waals surface area contributed by atoms with Gasteiger partial charge >= 0.3 is 6.09 Å². The molecule has 98 valence electrons. The van der Waals surface area contributed by atoms with Crippen molar-refractivity contribution < 1.29 is 9.53 Å². The molecule has 0 bridgehead atoms. The molecule has 0 aromatic heterocycles. The van der Waals surface area contributed by atoms with Crippen molar-refractivity contribution in [3.05, 3.63) is 0 Å². The molecule has 2 fully saturated rings. The Hall–Kier alpha value is -0.810. The third-order valence-electron chi connectivity index (χ3n) is 3.70. The van der Waals surface area contributed by atoms with Gasteiger partial charge in [-0.05, 0) is 33.1 Å². The van der Waals surface area contributed by atoms with Gasteiger partial charge in [-0.15, -0.1) is 0 Å². The molecule has 2 atom stereocenters. The number of ether oxygens (including phenoxy) is 1. The summed E-state index contributed by atoms with van der Waals surface area (Å²) in [4.78, 5) is 16.1. The number of piperidine rings is 1. The summed E-state index contributed by atoms with van der Waals surface area (Å²) in [5.41, 5.74) is 5.56. The molecule has 2 aliphatic rings. The quantitative estimate of drug-likeness (QED) is 0.800. The fourth-order valence-corrected chi connectivity index (χ4v) is 2.78. The van der Waals surface area contributed by atoms with Gasteiger partial charge in [0.05, 0.1) is 12.7 Å². The largest absolute Gasteiger partial charge is 0.443 e. The molecule has 2 rings (SSSR count). The summed E-state index contributed by atoms with van der Waals surface area (Å²) in [6.07, 6.45) is 3.33. The van der Waals surface area contributed by atoms with Gasteiger partial charge in [0.1, 0.15) is 6.10 Å². The lowest BCUT2D eigenvalue weighted by Gasteiger charge is -2.42. The number of cyclic esters (lactones) is 1. The van der Waals surface area contributed by atoms with Gasteiger partial charge in [-0.25, -0.2) is 4.79 Å². The fraction of sp³-hybridized carbons (Fsp3) is 0.917. The first kappa shape index (κ1) is 12.6. The summed E-state index contributed by atoms with van der Waals surface area (Å²) in [6.45, 7) is 6.49. The molecule has 5 nitrogen and oxygen atoms in total. The lowest BCUT2D eigenvalue weighted by Crippen LogP contribution is -2.54. The molecule has 2 aliphatic heterocycles. The van der Waals surface area contributed by atoms with Crippen molar-refractivity contribution in [2.45, 2.75) is 51.4 Å². The van der Waals surface area contributed by atoms with E-state index < -0.39 is 0 Å². The SMILES string of the molecule is CC(C)N1CCCCC1N1C[C@H](CN)OC1=O. The minimum atomic E-state index is -0.196. The molecule has 5 heteroatoms. The van der Waals surface area contributed by atoms with E-state index in [0.29, 0.717) is 19.1 Å². The van der Waals surface area contributed by atoms with Crippen molar-refractivity contribution in [2.75, 3.05) is 19.6 Å². The average Bonchev–Trinajstić information content (AvgIpc) is 2.70. The predicted octanol–water partition coefficient (Wildman–Crippen LogP) is 0.986. The van der Waals surface area contributed by atoms with Crippen LogP contribution in [0.5, 0.6) is 0 Å². The predicted molar refractivity (Wildman–Crippen MR) is 65.5 cm³/mol. The lowest BCUT2D eigenvalue weighted by molar-refractivity contribution is 0.0209. The van der Waals surface area contributed by atoms with E-state index in [0.717, 1.165) is 13.0 Å². The zero-order valence-electron chi connectivity index (χ0n) is 10.8. The number of nitrogens with zero attached hydrogens (tertiary/aromatic N) is 2. The number of hydrogen-bond donors (Lipinski definition) is 1. The normalized spacial score (nSPS) is 31.1. The highest BCUT2D eigenvalue weighted by molar-refractivity contribution is 5.70. The van der Waals surface area contributed by atoms with Crippen LogP contribution >= 0.6 is 0 Å². The molecule has 0 aliphatic carbocycles. The maximum absolute atomic E-state index is 11.8. The Labute approximate surface area is 103 Å². The van der Waals surface area contributed by atoms with Crippen LogP contribution < -0.4 is 5.73 Å². The minimum Gasteiger partial charge on any atom is -0.443 e. The van der Waals surface area contributed by atoms with Gasteiger partial charge in [0, 0.05) is 19.1 Å². The zero-order chi connectivity index (χ0) is 12.4. The second kappa shape index (κ2) is 5.23. The van der Waals surface area contributed by atoms with Gasteiger partial charge in [0.2, 0.25) is 0 Å². The van der Waals surface area contributed by atoms with Crippen molar-refractivity contribution in [1.82, 2.24) is 9.80 Å². The van der Waals surface area contributed by atoms with Gasteiger partial charge < -0.3 is 10.5 Å². The Morgan fingerprint density at radius 2 is 2.24 bits per heavy atom. The standard InChI is InChI=1S/C12H23N3O2/c1-9(2)14-6-4-3-5-11(14)15-8-10(7-13)17-12(15)16/h9-11H,3-8,13H2,1-2H3/t10-,11?/m0/s1. The number of carbonyl (C=O) groups excluding carboxylic acids is 1. The molecule has 17 heavy (non-hydrogen) atoms. The molecule has 0 spiro atoms. The van der Waals surface area contributed by atoms with E-state index in [1.54, 1.807) is 0 Å². The van der Waals surface area contributed by atoms with Crippen molar-refractivity contribution in [3.63, 3.8) is 0 Å². The molecule has 0 saturated carbocycles. The van der Waals surface area contributed by atoms with Gasteiger partial charge in [0.25, 0.3) is 0 Å². The van der Waals surface area contributed by atoms with E-state index in [-0.39, 0.29) is 18.4 Å². The van der Waals surface area contributed by atoms with Crippen LogP contribution in [0, 0.1) is 0 Å². The minimum absolute atomic E-state index is 0.126. The van der Waals surface area contributed by atoms with Crippen LogP contribution in [-0.2, 0) is 4.74 Å². The van der Waals surface area contributed by atoms with E-state index in [2.05, 4.69) is 18.7 Å². The maximum atomic E-state index is 11.8. The smallest absolute Gasteiger partial charge is 0.411 e. The summed E-state index contributed by atoms with van der Waals surface area (Å²) < 4.78 is 5.24. The van der Waals surface area contributed by atoms with Crippen LogP contribution in [0.25, 0.3) is 0 Å². The number of likely N-dealkylation sites (tertiary alicyclic amines) is 1. The highest BCUT2D eigenvalue weighted by Crippen LogP contribution is 2.26. The zero-order valence-corrected chi connectivity index (χ0v) is 10.8. The number of hydrogen-bond acceptors (Lipinski definition) is 4. The number of rotatable bonds is 3. The third kappa shape index (κ3) is 2.55. The van der Waals surface area contributed by atoms with Crippen LogP contribution in [0.2, 0.25) is 0 Å². The van der Waals surface area contributed by atoms with Crippen molar-refractivity contribution in [1.29, 1.82) is 0 Å². The average molecular weight is 241 g/mol. The Morgan fingerprint density at radius 1 is 1.47 bits per heavy atom. The van der Waals surface area contributed by atoms with E-state index >= 15 is 0 Å². The first-order valence-corrected chi connectivity index (χ1v) is 6.56. The molecule has 2 N–H and O–H groups in total. The molecule has 2 heterocycles. The molecule has 1 unspecified atom stereocenters. The third-order valence-corrected chi connectivity index (χ3v) is 3.70. The van der Waals surface area contributed by atoms with Gasteiger partial charge in [-0.3, -0.25) is 9.80 Å². The molecule has 1 amide bonds. The Bertz CT molecular complexity index is 283. The second-order valence-corrected chi connectivity index (χ2v) is 5.20. The molecule has 2 saturated heterocycles.